The standard InChI is InChI=1S/C8H9.ClH.Sn/c1-7-5-3-4-6-8(7)2;;/h3-5H,1-2H3;1H;/q;;+1/p-1. The van der Waals surface area contributed by atoms with Crippen molar-refractivity contribution < 1.29 is 0 Å². The summed E-state index contributed by atoms with van der Waals surface area (Å²) in [7, 11) is 5.87. The third-order valence-electron chi connectivity index (χ3n) is 1.71. The van der Waals surface area contributed by atoms with E-state index in [9.17, 15) is 0 Å². The van der Waals surface area contributed by atoms with Gasteiger partial charge in [-0.3, -0.25) is 0 Å². The van der Waals surface area contributed by atoms with Gasteiger partial charge in [0, 0.05) is 0 Å². The average molecular weight is 259 g/mol. The molecule has 1 rings (SSSR count). The Morgan fingerprint density at radius 3 is 2.50 bits per heavy atom. The molecule has 0 aromatic heterocycles. The topological polar surface area (TPSA) is 0 Å². The number of halogens is 1. The molecule has 2 heteroatoms. The SMILES string of the molecule is Cc1ccc[c]([Sn][Cl])c1C. The molecule has 0 aliphatic rings. The normalized spacial score (nSPS) is 9.90. The molecule has 0 saturated carbocycles. The van der Waals surface area contributed by atoms with Gasteiger partial charge in [-0.25, -0.2) is 0 Å². The summed E-state index contributed by atoms with van der Waals surface area (Å²) in [4.78, 5) is 0. The fourth-order valence-corrected chi connectivity index (χ4v) is 3.65. The van der Waals surface area contributed by atoms with E-state index < -0.39 is 20.0 Å². The predicted molar refractivity (Wildman–Crippen MR) is 47.2 cm³/mol. The van der Waals surface area contributed by atoms with Crippen LogP contribution >= 0.6 is 8.92 Å². The quantitative estimate of drug-likeness (QED) is 0.675. The summed E-state index contributed by atoms with van der Waals surface area (Å²) in [6.07, 6.45) is 0. The van der Waals surface area contributed by atoms with Crippen LogP contribution in [-0.4, -0.2) is 20.0 Å². The van der Waals surface area contributed by atoms with E-state index in [1.807, 2.05) is 0 Å². The molecule has 0 aliphatic carbocycles. The van der Waals surface area contributed by atoms with E-state index >= 15 is 0 Å². The van der Waals surface area contributed by atoms with Gasteiger partial charge >= 0.3 is 75.7 Å². The Hall–Kier alpha value is 0.309. The van der Waals surface area contributed by atoms with Crippen molar-refractivity contribution in [3.05, 3.63) is 29.3 Å². The summed E-state index contributed by atoms with van der Waals surface area (Å²) < 4.78 is 1.41. The molecule has 0 saturated heterocycles. The molecule has 1 aromatic carbocycles. The predicted octanol–water partition coefficient (Wildman–Crippen LogP) is 1.79. The third kappa shape index (κ3) is 1.67. The Kier molecular flexibility index (Phi) is 3.05. The molecule has 0 nitrogen and oxygen atoms in total. The zero-order valence-corrected chi connectivity index (χ0v) is 9.72. The van der Waals surface area contributed by atoms with Gasteiger partial charge < -0.3 is 0 Å². The molecule has 2 radical (unpaired) electrons. The first-order chi connectivity index (χ1) is 4.75. The molecular weight excluding hydrogens is 250 g/mol. The van der Waals surface area contributed by atoms with Crippen LogP contribution in [0, 0.1) is 13.8 Å². The first-order valence-corrected chi connectivity index (χ1v) is 8.22. The number of rotatable bonds is 1. The first kappa shape index (κ1) is 8.41. The molecule has 0 fully saturated rings. The summed E-state index contributed by atoms with van der Waals surface area (Å²) in [6.45, 7) is 4.28. The van der Waals surface area contributed by atoms with Gasteiger partial charge in [0.25, 0.3) is 0 Å². The van der Waals surface area contributed by atoms with Crippen molar-refractivity contribution in [2.24, 2.45) is 0 Å². The number of hydrogen-bond donors (Lipinski definition) is 0. The van der Waals surface area contributed by atoms with E-state index in [2.05, 4.69) is 32.0 Å². The van der Waals surface area contributed by atoms with Crippen LogP contribution < -0.4 is 3.58 Å². The minimum atomic E-state index is -0.734. The van der Waals surface area contributed by atoms with E-state index in [0.29, 0.717) is 0 Å². The maximum atomic E-state index is 5.87. The van der Waals surface area contributed by atoms with Crippen LogP contribution in [0.25, 0.3) is 0 Å². The van der Waals surface area contributed by atoms with Crippen LogP contribution in [0.4, 0.5) is 0 Å². The van der Waals surface area contributed by atoms with Crippen molar-refractivity contribution in [1.29, 1.82) is 0 Å². The molecular formula is C8H9ClSn. The van der Waals surface area contributed by atoms with Crippen LogP contribution in [0.2, 0.25) is 0 Å². The van der Waals surface area contributed by atoms with Gasteiger partial charge in [0.15, 0.2) is 0 Å². The first-order valence-electron chi connectivity index (χ1n) is 3.18. The fourth-order valence-electron chi connectivity index (χ4n) is 0.853. The molecule has 0 bridgehead atoms. The van der Waals surface area contributed by atoms with Gasteiger partial charge in [0.1, 0.15) is 0 Å². The molecule has 0 atom stereocenters. The summed E-state index contributed by atoms with van der Waals surface area (Å²) in [5.74, 6) is 0. The Morgan fingerprint density at radius 2 is 2.00 bits per heavy atom. The maximum absolute atomic E-state index is 5.87. The monoisotopic (exact) mass is 260 g/mol. The zero-order chi connectivity index (χ0) is 7.56. The van der Waals surface area contributed by atoms with Crippen molar-refractivity contribution in [2.45, 2.75) is 13.8 Å². The number of benzene rings is 1. The van der Waals surface area contributed by atoms with Crippen molar-refractivity contribution in [1.82, 2.24) is 0 Å². The van der Waals surface area contributed by atoms with E-state index in [0.717, 1.165) is 0 Å². The van der Waals surface area contributed by atoms with E-state index in [4.69, 9.17) is 8.92 Å². The third-order valence-corrected chi connectivity index (χ3v) is 5.20. The van der Waals surface area contributed by atoms with Gasteiger partial charge in [-0.15, -0.1) is 0 Å². The summed E-state index contributed by atoms with van der Waals surface area (Å²) in [5, 5.41) is 0. The van der Waals surface area contributed by atoms with Crippen LogP contribution in [0.15, 0.2) is 18.2 Å². The molecule has 1 aromatic rings. The van der Waals surface area contributed by atoms with Crippen molar-refractivity contribution in [2.75, 3.05) is 0 Å². The van der Waals surface area contributed by atoms with E-state index in [1.54, 1.807) is 0 Å². The number of hydrogen-bond acceptors (Lipinski definition) is 0. The van der Waals surface area contributed by atoms with Crippen LogP contribution in [0.3, 0.4) is 0 Å². The van der Waals surface area contributed by atoms with E-state index in [1.165, 1.54) is 14.7 Å². The van der Waals surface area contributed by atoms with E-state index in [-0.39, 0.29) is 0 Å². The second kappa shape index (κ2) is 3.63. The molecule has 0 aliphatic heterocycles. The van der Waals surface area contributed by atoms with Gasteiger partial charge in [-0.05, 0) is 0 Å². The summed E-state index contributed by atoms with van der Waals surface area (Å²) in [5.41, 5.74) is 2.75. The Labute approximate surface area is 75.5 Å². The minimum absolute atomic E-state index is 0.734. The van der Waals surface area contributed by atoms with Crippen molar-refractivity contribution in [3.8, 4) is 0 Å². The Bertz CT molecular complexity index is 233. The Morgan fingerprint density at radius 1 is 1.30 bits per heavy atom. The van der Waals surface area contributed by atoms with Crippen LogP contribution in [0.5, 0.6) is 0 Å². The second-order valence-corrected chi connectivity index (χ2v) is 5.69. The van der Waals surface area contributed by atoms with Crippen molar-refractivity contribution >= 4 is 32.5 Å². The van der Waals surface area contributed by atoms with Gasteiger partial charge in [0.2, 0.25) is 0 Å². The summed E-state index contributed by atoms with van der Waals surface area (Å²) in [6, 6.07) is 6.35. The fraction of sp³-hybridized carbons (Fsp3) is 0.250. The molecule has 52 valence electrons. The second-order valence-electron chi connectivity index (χ2n) is 2.34. The average Bonchev–Trinajstić information content (AvgIpc) is 1.95. The Balaban J connectivity index is 3.14. The van der Waals surface area contributed by atoms with Crippen LogP contribution in [0.1, 0.15) is 11.1 Å². The van der Waals surface area contributed by atoms with Gasteiger partial charge in [-0.1, -0.05) is 0 Å². The molecule has 0 amide bonds. The molecule has 0 spiro atoms. The molecule has 0 unspecified atom stereocenters. The zero-order valence-electron chi connectivity index (χ0n) is 6.11. The summed E-state index contributed by atoms with van der Waals surface area (Å²) >= 11 is -0.734. The van der Waals surface area contributed by atoms with Crippen LogP contribution in [-0.2, 0) is 0 Å². The molecule has 0 N–H and O–H groups in total. The molecule has 0 heterocycles. The van der Waals surface area contributed by atoms with Crippen molar-refractivity contribution in [3.63, 3.8) is 0 Å². The number of aryl methyl sites for hydroxylation is 1. The van der Waals surface area contributed by atoms with Gasteiger partial charge in [0.05, 0.1) is 0 Å². The molecule has 10 heavy (non-hydrogen) atoms. The van der Waals surface area contributed by atoms with Gasteiger partial charge in [-0.2, -0.15) is 0 Å².